The highest BCUT2D eigenvalue weighted by molar-refractivity contribution is 7.99. The molecule has 0 amide bonds. The number of hydrogen-bond donors (Lipinski definition) is 0. The predicted molar refractivity (Wildman–Crippen MR) is 89.1 cm³/mol. The van der Waals surface area contributed by atoms with Crippen molar-refractivity contribution in [3.8, 4) is 6.07 Å². The Labute approximate surface area is 134 Å². The lowest BCUT2D eigenvalue weighted by atomic mass is 10.2. The second-order valence-corrected chi connectivity index (χ2v) is 6.85. The molecule has 1 heterocycles. The van der Waals surface area contributed by atoms with Crippen molar-refractivity contribution < 1.29 is 0 Å². The fraction of sp³-hybridized carbons (Fsp3) is 0.500. The summed E-state index contributed by atoms with van der Waals surface area (Å²) in [6.07, 6.45) is 6.63. The van der Waals surface area contributed by atoms with Gasteiger partial charge in [0.1, 0.15) is 17.4 Å². The van der Waals surface area contributed by atoms with Crippen LogP contribution < -0.4 is 0 Å². The van der Waals surface area contributed by atoms with E-state index >= 15 is 0 Å². The Morgan fingerprint density at radius 2 is 2.33 bits per heavy atom. The second-order valence-electron chi connectivity index (χ2n) is 5.39. The Hall–Kier alpha value is -1.18. The molecule has 3 rings (SSSR count). The van der Waals surface area contributed by atoms with Gasteiger partial charge in [-0.15, -0.1) is 11.6 Å². The molecular formula is C16H18ClN3S. The fourth-order valence-electron chi connectivity index (χ4n) is 3.36. The first-order valence-electron chi connectivity index (χ1n) is 7.28. The Bertz CT molecular complexity index is 689. The average Bonchev–Trinajstić information content (AvgIpc) is 3.10. The molecule has 0 spiro atoms. The van der Waals surface area contributed by atoms with Crippen molar-refractivity contribution in [1.82, 2.24) is 9.55 Å². The van der Waals surface area contributed by atoms with Gasteiger partial charge in [0.05, 0.1) is 11.1 Å². The molecule has 0 saturated heterocycles. The molecule has 5 heteroatoms. The highest BCUT2D eigenvalue weighted by atomic mass is 35.5. The van der Waals surface area contributed by atoms with Gasteiger partial charge < -0.3 is 4.57 Å². The summed E-state index contributed by atoms with van der Waals surface area (Å²) < 4.78 is 2.35. The Balaban J connectivity index is 2.19. The van der Waals surface area contributed by atoms with Crippen LogP contribution in [0.4, 0.5) is 0 Å². The van der Waals surface area contributed by atoms with Gasteiger partial charge in [-0.25, -0.2) is 4.98 Å². The number of halogens is 1. The predicted octanol–water partition coefficient (Wildman–Crippen LogP) is 4.15. The van der Waals surface area contributed by atoms with Gasteiger partial charge in [0, 0.05) is 23.6 Å². The first kappa shape index (κ1) is 14.7. The van der Waals surface area contributed by atoms with Crippen LogP contribution in [0.3, 0.4) is 0 Å². The van der Waals surface area contributed by atoms with Gasteiger partial charge in [0.25, 0.3) is 0 Å². The molecule has 1 saturated carbocycles. The minimum atomic E-state index is 0.470. The average molecular weight is 320 g/mol. The van der Waals surface area contributed by atoms with Crippen molar-refractivity contribution >= 4 is 34.4 Å². The summed E-state index contributed by atoms with van der Waals surface area (Å²) in [6.45, 7) is 0. The van der Waals surface area contributed by atoms with E-state index in [1.54, 1.807) is 0 Å². The van der Waals surface area contributed by atoms with E-state index in [0.29, 0.717) is 22.7 Å². The maximum atomic E-state index is 9.30. The van der Waals surface area contributed by atoms with E-state index in [4.69, 9.17) is 16.6 Å². The van der Waals surface area contributed by atoms with Crippen molar-refractivity contribution in [2.24, 2.45) is 0 Å². The number of benzene rings is 1. The van der Waals surface area contributed by atoms with Gasteiger partial charge >= 0.3 is 0 Å². The highest BCUT2D eigenvalue weighted by Crippen LogP contribution is 2.40. The van der Waals surface area contributed by atoms with Crippen LogP contribution in [0.2, 0.25) is 0 Å². The first-order valence-corrected chi connectivity index (χ1v) is 9.11. The van der Waals surface area contributed by atoms with E-state index in [-0.39, 0.29) is 0 Å². The van der Waals surface area contributed by atoms with Crippen molar-refractivity contribution in [1.29, 1.82) is 5.26 Å². The number of imidazole rings is 1. The van der Waals surface area contributed by atoms with Crippen LogP contribution in [-0.2, 0) is 6.42 Å². The largest absolute Gasteiger partial charge is 0.324 e. The highest BCUT2D eigenvalue weighted by Gasteiger charge is 2.31. The zero-order valence-corrected chi connectivity index (χ0v) is 13.6. The van der Waals surface area contributed by atoms with Crippen LogP contribution in [0.5, 0.6) is 0 Å². The van der Waals surface area contributed by atoms with Crippen LogP contribution >= 0.6 is 23.4 Å². The quantitative estimate of drug-likeness (QED) is 0.795. The lowest BCUT2D eigenvalue weighted by molar-refractivity contribution is 0.522. The number of rotatable bonds is 4. The Morgan fingerprint density at radius 3 is 3.05 bits per heavy atom. The van der Waals surface area contributed by atoms with Crippen molar-refractivity contribution in [2.45, 2.75) is 37.0 Å². The SMILES string of the molecule is CSC1CCCC1n1c(CCCl)nc2c(C#N)cccc21. The smallest absolute Gasteiger partial charge is 0.111 e. The van der Waals surface area contributed by atoms with Gasteiger partial charge in [-0.3, -0.25) is 0 Å². The van der Waals surface area contributed by atoms with Crippen LogP contribution in [0.15, 0.2) is 18.2 Å². The zero-order chi connectivity index (χ0) is 14.8. The Morgan fingerprint density at radius 1 is 1.48 bits per heavy atom. The summed E-state index contributed by atoms with van der Waals surface area (Å²) in [5.41, 5.74) is 2.56. The molecule has 1 aliphatic carbocycles. The lowest BCUT2D eigenvalue weighted by Gasteiger charge is -2.22. The molecule has 0 aliphatic heterocycles. The maximum absolute atomic E-state index is 9.30. The number of aryl methyl sites for hydroxylation is 1. The van der Waals surface area contributed by atoms with Crippen molar-refractivity contribution in [3.63, 3.8) is 0 Å². The molecular weight excluding hydrogens is 302 g/mol. The number of aromatic nitrogens is 2. The molecule has 2 unspecified atom stereocenters. The van der Waals surface area contributed by atoms with E-state index in [1.165, 1.54) is 19.3 Å². The molecule has 110 valence electrons. The number of para-hydroxylation sites is 1. The van der Waals surface area contributed by atoms with Gasteiger partial charge in [0.15, 0.2) is 0 Å². The van der Waals surface area contributed by atoms with Gasteiger partial charge in [-0.1, -0.05) is 12.5 Å². The Kier molecular flexibility index (Phi) is 4.42. The minimum Gasteiger partial charge on any atom is -0.324 e. The minimum absolute atomic E-state index is 0.470. The molecule has 2 atom stereocenters. The number of alkyl halides is 1. The zero-order valence-electron chi connectivity index (χ0n) is 12.1. The molecule has 3 nitrogen and oxygen atoms in total. The molecule has 0 N–H and O–H groups in total. The molecule has 0 radical (unpaired) electrons. The number of hydrogen-bond acceptors (Lipinski definition) is 3. The molecule has 1 fully saturated rings. The van der Waals surface area contributed by atoms with E-state index in [1.807, 2.05) is 23.9 Å². The van der Waals surface area contributed by atoms with Gasteiger partial charge in [0.2, 0.25) is 0 Å². The summed E-state index contributed by atoms with van der Waals surface area (Å²) >= 11 is 7.90. The number of nitrogens with zero attached hydrogens (tertiary/aromatic N) is 3. The van der Waals surface area contributed by atoms with Gasteiger partial charge in [-0.05, 0) is 31.2 Å². The van der Waals surface area contributed by atoms with E-state index in [0.717, 1.165) is 23.3 Å². The molecule has 1 aliphatic rings. The third-order valence-electron chi connectivity index (χ3n) is 4.28. The summed E-state index contributed by atoms with van der Waals surface area (Å²) in [5, 5.41) is 9.93. The summed E-state index contributed by atoms with van der Waals surface area (Å²) in [7, 11) is 0. The van der Waals surface area contributed by atoms with E-state index in [2.05, 4.69) is 23.0 Å². The van der Waals surface area contributed by atoms with E-state index < -0.39 is 0 Å². The van der Waals surface area contributed by atoms with Crippen molar-refractivity contribution in [2.75, 3.05) is 12.1 Å². The van der Waals surface area contributed by atoms with E-state index in [9.17, 15) is 5.26 Å². The van der Waals surface area contributed by atoms with Gasteiger partial charge in [-0.2, -0.15) is 17.0 Å². The van der Waals surface area contributed by atoms with Crippen LogP contribution in [0.25, 0.3) is 11.0 Å². The number of fused-ring (bicyclic) bond motifs is 1. The lowest BCUT2D eigenvalue weighted by Crippen LogP contribution is -2.18. The standard InChI is InChI=1S/C16H18ClN3S/c1-21-14-7-3-5-12(14)20-13-6-2-4-11(10-18)16(13)19-15(20)8-9-17/h2,4,6,12,14H,3,5,7-9H2,1H3. The topological polar surface area (TPSA) is 41.6 Å². The molecule has 2 aromatic rings. The van der Waals surface area contributed by atoms with Crippen LogP contribution in [0, 0.1) is 11.3 Å². The van der Waals surface area contributed by atoms with Crippen molar-refractivity contribution in [3.05, 3.63) is 29.6 Å². The normalized spacial score (nSPS) is 21.8. The third-order valence-corrected chi connectivity index (χ3v) is 5.63. The summed E-state index contributed by atoms with van der Waals surface area (Å²) in [5.74, 6) is 1.58. The third kappa shape index (κ3) is 2.54. The molecule has 1 aromatic carbocycles. The van der Waals surface area contributed by atoms with Crippen LogP contribution in [-0.4, -0.2) is 26.9 Å². The van der Waals surface area contributed by atoms with Crippen LogP contribution in [0.1, 0.15) is 36.7 Å². The number of nitriles is 1. The number of thioether (sulfide) groups is 1. The summed E-state index contributed by atoms with van der Waals surface area (Å²) in [4.78, 5) is 4.73. The second kappa shape index (κ2) is 6.29. The molecule has 21 heavy (non-hydrogen) atoms. The monoisotopic (exact) mass is 319 g/mol. The maximum Gasteiger partial charge on any atom is 0.111 e. The molecule has 0 bridgehead atoms. The first-order chi connectivity index (χ1) is 10.3. The fourth-order valence-corrected chi connectivity index (χ4v) is 4.51. The molecule has 1 aromatic heterocycles. The summed E-state index contributed by atoms with van der Waals surface area (Å²) in [6, 6.07) is 8.59.